The molecule has 0 unspecified atom stereocenters. The Morgan fingerprint density at radius 3 is 2.73 bits per heavy atom. The molecule has 0 N–H and O–H groups in total. The van der Waals surface area contributed by atoms with Gasteiger partial charge in [-0.25, -0.2) is 18.3 Å². The third-order valence-electron chi connectivity index (χ3n) is 5.27. The summed E-state index contributed by atoms with van der Waals surface area (Å²) < 4.78 is 35.8. The molecule has 0 amide bonds. The molecule has 0 saturated heterocycles. The maximum atomic E-state index is 13.5. The number of hydrogen-bond acceptors (Lipinski definition) is 6. The van der Waals surface area contributed by atoms with Gasteiger partial charge < -0.3 is 4.42 Å². The van der Waals surface area contributed by atoms with E-state index in [2.05, 4.69) is 25.4 Å². The Morgan fingerprint density at radius 2 is 2.07 bits per heavy atom. The standard InChI is InChI=1S/C19H18ClF2N7O/c1-9-16(20)10(2)28(27-9)6-5-15-25-26-19(30-15)12-8-23-29-14(17(21)22)7-13(11-3-4-11)24-18(12)29/h7-8,11,17H,3-6H2,1-2H3. The molecule has 1 aliphatic rings. The summed E-state index contributed by atoms with van der Waals surface area (Å²) in [4.78, 5) is 4.55. The van der Waals surface area contributed by atoms with Crippen LogP contribution in [0.4, 0.5) is 8.78 Å². The predicted octanol–water partition coefficient (Wildman–Crippen LogP) is 4.30. The second-order valence-electron chi connectivity index (χ2n) is 7.43. The van der Waals surface area contributed by atoms with Crippen LogP contribution in [0, 0.1) is 13.8 Å². The Bertz CT molecular complexity index is 1240. The molecule has 30 heavy (non-hydrogen) atoms. The number of halogens is 3. The number of aryl methyl sites for hydroxylation is 3. The van der Waals surface area contributed by atoms with Crippen molar-refractivity contribution in [2.24, 2.45) is 0 Å². The minimum Gasteiger partial charge on any atom is -0.420 e. The van der Waals surface area contributed by atoms with Crippen LogP contribution < -0.4 is 0 Å². The molecule has 1 fully saturated rings. The van der Waals surface area contributed by atoms with Crippen molar-refractivity contribution in [3.8, 4) is 11.5 Å². The Labute approximate surface area is 174 Å². The molecule has 11 heteroatoms. The zero-order chi connectivity index (χ0) is 21.0. The summed E-state index contributed by atoms with van der Waals surface area (Å²) in [6, 6.07) is 1.44. The fourth-order valence-electron chi connectivity index (χ4n) is 3.46. The van der Waals surface area contributed by atoms with Crippen molar-refractivity contribution in [3.63, 3.8) is 0 Å². The van der Waals surface area contributed by atoms with E-state index in [4.69, 9.17) is 16.0 Å². The Kier molecular flexibility index (Phi) is 4.53. The molecule has 4 aromatic rings. The smallest absolute Gasteiger partial charge is 0.280 e. The van der Waals surface area contributed by atoms with Crippen molar-refractivity contribution in [2.75, 3.05) is 0 Å². The van der Waals surface area contributed by atoms with E-state index in [1.54, 1.807) is 4.68 Å². The summed E-state index contributed by atoms with van der Waals surface area (Å²) in [5.74, 6) is 0.827. The van der Waals surface area contributed by atoms with Crippen molar-refractivity contribution >= 4 is 17.2 Å². The van der Waals surface area contributed by atoms with Crippen LogP contribution in [0.3, 0.4) is 0 Å². The molecule has 5 rings (SSSR count). The maximum Gasteiger partial charge on any atom is 0.280 e. The lowest BCUT2D eigenvalue weighted by Gasteiger charge is -2.06. The third-order valence-corrected chi connectivity index (χ3v) is 5.81. The molecular weight excluding hydrogens is 416 g/mol. The van der Waals surface area contributed by atoms with Crippen molar-refractivity contribution in [3.05, 3.63) is 46.0 Å². The SMILES string of the molecule is Cc1nn(CCc2nnc(-c3cnn4c(C(F)F)cc(C5CC5)nc34)o2)c(C)c1Cl. The monoisotopic (exact) mass is 433 g/mol. The van der Waals surface area contributed by atoms with Crippen LogP contribution in [0.1, 0.15) is 53.9 Å². The van der Waals surface area contributed by atoms with Gasteiger partial charge in [0.2, 0.25) is 5.89 Å². The molecule has 4 heterocycles. The Balaban J connectivity index is 1.45. The highest BCUT2D eigenvalue weighted by Crippen LogP contribution is 2.40. The van der Waals surface area contributed by atoms with Crippen LogP contribution in [0.5, 0.6) is 0 Å². The van der Waals surface area contributed by atoms with E-state index in [1.165, 1.54) is 12.3 Å². The van der Waals surface area contributed by atoms with E-state index in [1.807, 2.05) is 13.8 Å². The second kappa shape index (κ2) is 7.12. The zero-order valence-corrected chi connectivity index (χ0v) is 17.1. The van der Waals surface area contributed by atoms with Crippen molar-refractivity contribution in [1.29, 1.82) is 0 Å². The summed E-state index contributed by atoms with van der Waals surface area (Å²) in [5.41, 5.74) is 2.84. The summed E-state index contributed by atoms with van der Waals surface area (Å²) in [6.07, 6.45) is 1.13. The summed E-state index contributed by atoms with van der Waals surface area (Å²) >= 11 is 6.18. The minimum absolute atomic E-state index is 0.186. The van der Waals surface area contributed by atoms with E-state index in [0.29, 0.717) is 40.8 Å². The first-order chi connectivity index (χ1) is 14.4. The minimum atomic E-state index is -2.66. The van der Waals surface area contributed by atoms with Gasteiger partial charge in [0.15, 0.2) is 5.65 Å². The molecule has 0 aliphatic heterocycles. The summed E-state index contributed by atoms with van der Waals surface area (Å²) in [5, 5.41) is 17.3. The Hall–Kier alpha value is -2.88. The third kappa shape index (κ3) is 3.24. The van der Waals surface area contributed by atoms with Gasteiger partial charge in [-0.2, -0.15) is 10.2 Å². The molecule has 0 spiro atoms. The van der Waals surface area contributed by atoms with Crippen LogP contribution in [-0.4, -0.2) is 34.6 Å². The van der Waals surface area contributed by atoms with Gasteiger partial charge in [-0.1, -0.05) is 11.6 Å². The van der Waals surface area contributed by atoms with Crippen molar-refractivity contribution in [2.45, 2.75) is 52.0 Å². The largest absolute Gasteiger partial charge is 0.420 e. The van der Waals surface area contributed by atoms with Gasteiger partial charge in [-0.15, -0.1) is 10.2 Å². The van der Waals surface area contributed by atoms with Gasteiger partial charge in [0.25, 0.3) is 12.3 Å². The summed E-state index contributed by atoms with van der Waals surface area (Å²) in [6.45, 7) is 4.26. The molecule has 0 radical (unpaired) electrons. The van der Waals surface area contributed by atoms with E-state index in [-0.39, 0.29) is 17.5 Å². The van der Waals surface area contributed by atoms with Crippen LogP contribution in [0.2, 0.25) is 5.02 Å². The van der Waals surface area contributed by atoms with Crippen molar-refractivity contribution in [1.82, 2.24) is 34.6 Å². The molecular formula is C19H18ClF2N7O. The number of aromatic nitrogens is 7. The highest BCUT2D eigenvalue weighted by atomic mass is 35.5. The zero-order valence-electron chi connectivity index (χ0n) is 16.3. The first-order valence-corrected chi connectivity index (χ1v) is 9.99. The first-order valence-electron chi connectivity index (χ1n) is 9.61. The molecule has 0 bridgehead atoms. The number of nitrogens with zero attached hydrogens (tertiary/aromatic N) is 7. The average molecular weight is 434 g/mol. The molecule has 0 aromatic carbocycles. The van der Waals surface area contributed by atoms with E-state index >= 15 is 0 Å². The normalized spacial score (nSPS) is 14.3. The van der Waals surface area contributed by atoms with Gasteiger partial charge in [0.05, 0.1) is 22.6 Å². The quantitative estimate of drug-likeness (QED) is 0.450. The lowest BCUT2D eigenvalue weighted by atomic mass is 10.2. The predicted molar refractivity (Wildman–Crippen MR) is 104 cm³/mol. The van der Waals surface area contributed by atoms with E-state index in [9.17, 15) is 8.78 Å². The van der Waals surface area contributed by atoms with Gasteiger partial charge in [0.1, 0.15) is 11.3 Å². The van der Waals surface area contributed by atoms with Gasteiger partial charge in [-0.05, 0) is 32.8 Å². The van der Waals surface area contributed by atoms with E-state index in [0.717, 1.165) is 28.7 Å². The second-order valence-corrected chi connectivity index (χ2v) is 7.81. The van der Waals surface area contributed by atoms with Crippen LogP contribution >= 0.6 is 11.6 Å². The van der Waals surface area contributed by atoms with Crippen LogP contribution in [0.25, 0.3) is 17.1 Å². The fourth-order valence-corrected chi connectivity index (χ4v) is 3.59. The van der Waals surface area contributed by atoms with E-state index < -0.39 is 6.43 Å². The fraction of sp³-hybridized carbons (Fsp3) is 0.421. The molecule has 1 saturated carbocycles. The average Bonchev–Trinajstić information content (AvgIpc) is 3.24. The number of rotatable bonds is 6. The molecule has 156 valence electrons. The highest BCUT2D eigenvalue weighted by molar-refractivity contribution is 6.31. The molecule has 8 nitrogen and oxygen atoms in total. The Morgan fingerprint density at radius 1 is 1.27 bits per heavy atom. The molecule has 1 aliphatic carbocycles. The number of alkyl halides is 2. The number of fused-ring (bicyclic) bond motifs is 1. The topological polar surface area (TPSA) is 86.9 Å². The summed E-state index contributed by atoms with van der Waals surface area (Å²) in [7, 11) is 0. The van der Waals surface area contributed by atoms with Gasteiger partial charge in [-0.3, -0.25) is 4.68 Å². The first kappa shape index (κ1) is 19.1. The van der Waals surface area contributed by atoms with Gasteiger partial charge >= 0.3 is 0 Å². The lowest BCUT2D eigenvalue weighted by Crippen LogP contribution is -2.05. The highest BCUT2D eigenvalue weighted by Gasteiger charge is 2.29. The number of hydrogen-bond donors (Lipinski definition) is 0. The molecule has 4 aromatic heterocycles. The van der Waals surface area contributed by atoms with Crippen molar-refractivity contribution < 1.29 is 13.2 Å². The maximum absolute atomic E-state index is 13.5. The van der Waals surface area contributed by atoms with Crippen LogP contribution in [-0.2, 0) is 13.0 Å². The molecule has 0 atom stereocenters. The van der Waals surface area contributed by atoms with Crippen LogP contribution in [0.15, 0.2) is 16.7 Å². The van der Waals surface area contributed by atoms with Gasteiger partial charge in [0, 0.05) is 24.6 Å². The lowest BCUT2D eigenvalue weighted by molar-refractivity contribution is 0.143.